The van der Waals surface area contributed by atoms with E-state index >= 15 is 0 Å². The first-order valence-corrected chi connectivity index (χ1v) is 7.25. The highest BCUT2D eigenvalue weighted by atomic mass is 16.5. The Morgan fingerprint density at radius 2 is 2.19 bits per heavy atom. The number of ether oxygens (including phenoxy) is 1. The fraction of sp³-hybridized carbons (Fsp3) is 0.500. The topological polar surface area (TPSA) is 62.7 Å². The van der Waals surface area contributed by atoms with Gasteiger partial charge in [0.05, 0.1) is 6.61 Å². The second-order valence-electron chi connectivity index (χ2n) is 4.74. The molecule has 1 rings (SSSR count). The Morgan fingerprint density at radius 1 is 1.48 bits per heavy atom. The molecule has 1 aromatic heterocycles. The molecule has 5 nitrogen and oxygen atoms in total. The van der Waals surface area contributed by atoms with Crippen LogP contribution in [0.3, 0.4) is 0 Å². The molecule has 5 heteroatoms. The maximum Gasteiger partial charge on any atom is 0.328 e. The molecule has 0 aliphatic rings. The minimum absolute atomic E-state index is 0.354. The summed E-state index contributed by atoms with van der Waals surface area (Å²) in [6.45, 7) is 5.62. The van der Waals surface area contributed by atoms with Crippen molar-refractivity contribution >= 4 is 17.9 Å². The normalized spacial score (nSPS) is 11.2. The van der Waals surface area contributed by atoms with E-state index < -0.39 is 5.97 Å². The second-order valence-corrected chi connectivity index (χ2v) is 4.74. The van der Waals surface area contributed by atoms with E-state index in [0.717, 1.165) is 36.8 Å². The Balaban J connectivity index is 3.13. The molecule has 1 heterocycles. The molecule has 0 aliphatic carbocycles. The highest BCUT2D eigenvalue weighted by Crippen LogP contribution is 2.23. The SMILES string of the molecule is CCC(CC)N(CCOC)c1ncccc1/C=C/C(=O)O. The maximum absolute atomic E-state index is 10.7. The number of anilines is 1. The number of methoxy groups -OCH3 is 1. The van der Waals surface area contributed by atoms with E-state index in [1.807, 2.05) is 12.1 Å². The lowest BCUT2D eigenvalue weighted by atomic mass is 10.1. The van der Waals surface area contributed by atoms with Gasteiger partial charge in [0.1, 0.15) is 5.82 Å². The van der Waals surface area contributed by atoms with E-state index in [2.05, 4.69) is 23.7 Å². The molecular weight excluding hydrogens is 268 g/mol. The van der Waals surface area contributed by atoms with E-state index in [4.69, 9.17) is 9.84 Å². The largest absolute Gasteiger partial charge is 0.478 e. The molecule has 21 heavy (non-hydrogen) atoms. The van der Waals surface area contributed by atoms with Crippen molar-refractivity contribution in [1.82, 2.24) is 4.98 Å². The summed E-state index contributed by atoms with van der Waals surface area (Å²) < 4.78 is 5.19. The number of hydrogen-bond acceptors (Lipinski definition) is 4. The number of carbonyl (C=O) groups is 1. The third-order valence-electron chi connectivity index (χ3n) is 3.41. The van der Waals surface area contributed by atoms with Gasteiger partial charge in [-0.3, -0.25) is 0 Å². The van der Waals surface area contributed by atoms with Gasteiger partial charge in [-0.25, -0.2) is 9.78 Å². The molecule has 0 atom stereocenters. The predicted molar refractivity (Wildman–Crippen MR) is 84.5 cm³/mol. The summed E-state index contributed by atoms with van der Waals surface area (Å²) in [5.74, 6) is -0.156. The lowest BCUT2D eigenvalue weighted by molar-refractivity contribution is -0.131. The minimum Gasteiger partial charge on any atom is -0.478 e. The van der Waals surface area contributed by atoms with Crippen LogP contribution in [0.4, 0.5) is 5.82 Å². The van der Waals surface area contributed by atoms with Crippen molar-refractivity contribution in [2.45, 2.75) is 32.7 Å². The van der Waals surface area contributed by atoms with Gasteiger partial charge in [-0.05, 0) is 31.1 Å². The Morgan fingerprint density at radius 3 is 2.76 bits per heavy atom. The van der Waals surface area contributed by atoms with Gasteiger partial charge in [-0.15, -0.1) is 0 Å². The van der Waals surface area contributed by atoms with Crippen LogP contribution < -0.4 is 4.90 Å². The van der Waals surface area contributed by atoms with E-state index in [9.17, 15) is 4.79 Å². The summed E-state index contributed by atoms with van der Waals surface area (Å²) in [7, 11) is 1.68. The molecule has 0 spiro atoms. The van der Waals surface area contributed by atoms with Gasteiger partial charge in [-0.2, -0.15) is 0 Å². The lowest BCUT2D eigenvalue weighted by Crippen LogP contribution is -2.38. The van der Waals surface area contributed by atoms with Crippen molar-refractivity contribution in [1.29, 1.82) is 0 Å². The Labute approximate surface area is 126 Å². The molecule has 1 N–H and O–H groups in total. The number of hydrogen-bond donors (Lipinski definition) is 1. The van der Waals surface area contributed by atoms with Gasteiger partial charge in [0.25, 0.3) is 0 Å². The molecule has 0 saturated carbocycles. The average molecular weight is 292 g/mol. The van der Waals surface area contributed by atoms with Gasteiger partial charge >= 0.3 is 5.97 Å². The standard InChI is InChI=1S/C16H24N2O3/c1-4-14(5-2)18(11-12-21-3)16-13(7-6-10-17-16)8-9-15(19)20/h6-10,14H,4-5,11-12H2,1-3H3,(H,19,20)/b9-8+. The monoisotopic (exact) mass is 292 g/mol. The van der Waals surface area contributed by atoms with E-state index in [1.54, 1.807) is 19.4 Å². The van der Waals surface area contributed by atoms with E-state index in [-0.39, 0.29) is 0 Å². The molecule has 116 valence electrons. The van der Waals surface area contributed by atoms with Crippen molar-refractivity contribution < 1.29 is 14.6 Å². The zero-order chi connectivity index (χ0) is 15.7. The van der Waals surface area contributed by atoms with Crippen LogP contribution in [0.25, 0.3) is 6.08 Å². The van der Waals surface area contributed by atoms with Crippen LogP contribution in [0.2, 0.25) is 0 Å². The van der Waals surface area contributed by atoms with Crippen molar-refractivity contribution in [2.24, 2.45) is 0 Å². The molecular formula is C16H24N2O3. The third kappa shape index (κ3) is 5.19. The molecule has 0 bridgehead atoms. The number of nitrogens with zero attached hydrogens (tertiary/aromatic N) is 2. The van der Waals surface area contributed by atoms with Gasteiger partial charge in [0.15, 0.2) is 0 Å². The van der Waals surface area contributed by atoms with Crippen LogP contribution in [-0.4, -0.2) is 42.4 Å². The Bertz CT molecular complexity index is 470. The molecule has 0 radical (unpaired) electrons. The van der Waals surface area contributed by atoms with Crippen LogP contribution >= 0.6 is 0 Å². The fourth-order valence-corrected chi connectivity index (χ4v) is 2.32. The summed E-state index contributed by atoms with van der Waals surface area (Å²) in [4.78, 5) is 17.4. The molecule has 0 amide bonds. The maximum atomic E-state index is 10.7. The summed E-state index contributed by atoms with van der Waals surface area (Å²) >= 11 is 0. The quantitative estimate of drug-likeness (QED) is 0.709. The van der Waals surface area contributed by atoms with E-state index in [1.165, 1.54) is 0 Å². The molecule has 0 aliphatic heterocycles. The summed E-state index contributed by atoms with van der Waals surface area (Å²) in [6, 6.07) is 4.04. The van der Waals surface area contributed by atoms with Crippen molar-refractivity contribution in [3.05, 3.63) is 30.0 Å². The molecule has 0 saturated heterocycles. The Hall–Kier alpha value is -1.88. The number of rotatable bonds is 9. The third-order valence-corrected chi connectivity index (χ3v) is 3.41. The highest BCUT2D eigenvalue weighted by molar-refractivity contribution is 5.86. The first-order valence-electron chi connectivity index (χ1n) is 7.25. The predicted octanol–water partition coefficient (Wildman–Crippen LogP) is 2.82. The molecule has 1 aromatic rings. The molecule has 0 aromatic carbocycles. The molecule has 0 unspecified atom stereocenters. The van der Waals surface area contributed by atoms with Crippen LogP contribution in [0.1, 0.15) is 32.3 Å². The number of aromatic nitrogens is 1. The summed E-state index contributed by atoms with van der Waals surface area (Å²) in [5.41, 5.74) is 0.808. The average Bonchev–Trinajstić information content (AvgIpc) is 2.50. The minimum atomic E-state index is -0.962. The van der Waals surface area contributed by atoms with Gasteiger partial charge in [0, 0.05) is 37.5 Å². The number of carboxylic acids is 1. The number of aliphatic carboxylic acids is 1. The van der Waals surface area contributed by atoms with Crippen LogP contribution in [0.5, 0.6) is 0 Å². The van der Waals surface area contributed by atoms with Crippen molar-refractivity contribution in [2.75, 3.05) is 25.2 Å². The first kappa shape index (κ1) is 17.2. The number of carboxylic acid groups (broad SMARTS) is 1. The zero-order valence-corrected chi connectivity index (χ0v) is 13.0. The van der Waals surface area contributed by atoms with Crippen molar-refractivity contribution in [3.8, 4) is 0 Å². The smallest absolute Gasteiger partial charge is 0.328 e. The van der Waals surface area contributed by atoms with Gasteiger partial charge in [-0.1, -0.05) is 13.8 Å². The van der Waals surface area contributed by atoms with Crippen LogP contribution in [0.15, 0.2) is 24.4 Å². The van der Waals surface area contributed by atoms with Gasteiger partial charge in [0.2, 0.25) is 0 Å². The highest BCUT2D eigenvalue weighted by Gasteiger charge is 2.18. The summed E-state index contributed by atoms with van der Waals surface area (Å²) in [6.07, 6.45) is 6.46. The fourth-order valence-electron chi connectivity index (χ4n) is 2.32. The Kier molecular flexibility index (Phi) is 7.46. The van der Waals surface area contributed by atoms with Gasteiger partial charge < -0.3 is 14.7 Å². The lowest BCUT2D eigenvalue weighted by Gasteiger charge is -2.32. The second kappa shape index (κ2) is 9.13. The van der Waals surface area contributed by atoms with E-state index in [0.29, 0.717) is 12.6 Å². The number of pyridine rings is 1. The summed E-state index contributed by atoms with van der Waals surface area (Å²) in [5, 5.41) is 8.81. The molecule has 0 fully saturated rings. The van der Waals surface area contributed by atoms with Crippen LogP contribution in [-0.2, 0) is 9.53 Å². The van der Waals surface area contributed by atoms with Crippen LogP contribution in [0, 0.1) is 0 Å². The first-order chi connectivity index (χ1) is 10.1. The zero-order valence-electron chi connectivity index (χ0n) is 13.0. The van der Waals surface area contributed by atoms with Crippen molar-refractivity contribution in [3.63, 3.8) is 0 Å².